The fourth-order valence-corrected chi connectivity index (χ4v) is 3.39. The van der Waals surface area contributed by atoms with Gasteiger partial charge in [-0.05, 0) is 49.1 Å². The summed E-state index contributed by atoms with van der Waals surface area (Å²) in [6.45, 7) is 4.52. The monoisotopic (exact) mass is 259 g/mol. The number of aryl methyl sites for hydroxylation is 1. The van der Waals surface area contributed by atoms with Crippen LogP contribution in [0.15, 0.2) is 24.3 Å². The van der Waals surface area contributed by atoms with Crippen LogP contribution in [0.5, 0.6) is 0 Å². The predicted octanol–water partition coefficient (Wildman–Crippen LogP) is 4.48. The van der Waals surface area contributed by atoms with Gasteiger partial charge in [-0.1, -0.05) is 57.4 Å². The third-order valence-electron chi connectivity index (χ3n) is 4.90. The maximum absolute atomic E-state index is 6.68. The normalized spacial score (nSPS) is 28.1. The highest BCUT2D eigenvalue weighted by molar-refractivity contribution is 5.24. The SMILES string of the molecule is CCc1ccc(CC2(N)CCCC(CC)CC2)cc1. The lowest BCUT2D eigenvalue weighted by molar-refractivity contribution is 0.358. The molecule has 1 fully saturated rings. The third kappa shape index (κ3) is 4.07. The van der Waals surface area contributed by atoms with Gasteiger partial charge in [0.15, 0.2) is 0 Å². The van der Waals surface area contributed by atoms with Gasteiger partial charge in [-0.15, -0.1) is 0 Å². The summed E-state index contributed by atoms with van der Waals surface area (Å²) < 4.78 is 0. The first-order chi connectivity index (χ1) is 9.15. The number of rotatable bonds is 4. The molecule has 0 heterocycles. The van der Waals surface area contributed by atoms with Crippen molar-refractivity contribution in [2.75, 3.05) is 0 Å². The fraction of sp³-hybridized carbons (Fsp3) is 0.667. The molecule has 1 aromatic carbocycles. The Kier molecular flexibility index (Phi) is 5.04. The molecule has 1 aliphatic rings. The first kappa shape index (κ1) is 14.6. The first-order valence-corrected chi connectivity index (χ1v) is 8.02. The summed E-state index contributed by atoms with van der Waals surface area (Å²) in [6.07, 6.45) is 9.88. The van der Waals surface area contributed by atoms with Crippen LogP contribution in [0.4, 0.5) is 0 Å². The van der Waals surface area contributed by atoms with Gasteiger partial charge in [0.25, 0.3) is 0 Å². The Morgan fingerprint density at radius 1 is 1.05 bits per heavy atom. The molecule has 0 aliphatic heterocycles. The van der Waals surface area contributed by atoms with E-state index in [2.05, 4.69) is 38.1 Å². The summed E-state index contributed by atoms with van der Waals surface area (Å²) in [5, 5.41) is 0. The van der Waals surface area contributed by atoms with Crippen molar-refractivity contribution in [2.24, 2.45) is 11.7 Å². The predicted molar refractivity (Wildman–Crippen MR) is 83.3 cm³/mol. The molecule has 0 spiro atoms. The number of nitrogens with two attached hydrogens (primary N) is 1. The van der Waals surface area contributed by atoms with E-state index in [1.165, 1.54) is 49.7 Å². The Hall–Kier alpha value is -0.820. The second-order valence-electron chi connectivity index (χ2n) is 6.41. The topological polar surface area (TPSA) is 26.0 Å². The van der Waals surface area contributed by atoms with Crippen LogP contribution in [0, 0.1) is 5.92 Å². The van der Waals surface area contributed by atoms with Gasteiger partial charge in [0.2, 0.25) is 0 Å². The summed E-state index contributed by atoms with van der Waals surface area (Å²) in [7, 11) is 0. The van der Waals surface area contributed by atoms with Crippen molar-refractivity contribution in [1.29, 1.82) is 0 Å². The highest BCUT2D eigenvalue weighted by atomic mass is 14.7. The Labute approximate surface area is 118 Å². The van der Waals surface area contributed by atoms with E-state index in [1.54, 1.807) is 0 Å². The number of hydrogen-bond acceptors (Lipinski definition) is 1. The molecule has 2 unspecified atom stereocenters. The van der Waals surface area contributed by atoms with Crippen molar-refractivity contribution in [3.63, 3.8) is 0 Å². The average Bonchev–Trinajstić information content (AvgIpc) is 2.61. The van der Waals surface area contributed by atoms with Crippen molar-refractivity contribution in [3.05, 3.63) is 35.4 Å². The molecule has 2 N–H and O–H groups in total. The largest absolute Gasteiger partial charge is 0.325 e. The second kappa shape index (κ2) is 6.56. The molecular weight excluding hydrogens is 230 g/mol. The summed E-state index contributed by atoms with van der Waals surface area (Å²) in [6, 6.07) is 9.06. The van der Waals surface area contributed by atoms with Gasteiger partial charge in [0.1, 0.15) is 0 Å². The molecule has 0 radical (unpaired) electrons. The average molecular weight is 259 g/mol. The first-order valence-electron chi connectivity index (χ1n) is 8.02. The van der Waals surface area contributed by atoms with Crippen molar-refractivity contribution in [3.8, 4) is 0 Å². The van der Waals surface area contributed by atoms with Crippen LogP contribution < -0.4 is 5.73 Å². The zero-order chi connectivity index (χ0) is 13.7. The van der Waals surface area contributed by atoms with Gasteiger partial charge in [-0.2, -0.15) is 0 Å². The van der Waals surface area contributed by atoms with E-state index in [0.29, 0.717) is 0 Å². The maximum atomic E-state index is 6.68. The molecule has 1 saturated carbocycles. The summed E-state index contributed by atoms with van der Waals surface area (Å²) in [5.41, 5.74) is 9.55. The Bertz CT molecular complexity index is 381. The van der Waals surface area contributed by atoms with Crippen molar-refractivity contribution >= 4 is 0 Å². The zero-order valence-corrected chi connectivity index (χ0v) is 12.6. The third-order valence-corrected chi connectivity index (χ3v) is 4.90. The van der Waals surface area contributed by atoms with Gasteiger partial charge >= 0.3 is 0 Å². The van der Waals surface area contributed by atoms with Crippen LogP contribution in [0.2, 0.25) is 0 Å². The van der Waals surface area contributed by atoms with E-state index in [4.69, 9.17) is 5.73 Å². The molecule has 0 aromatic heterocycles. The number of benzene rings is 1. The smallest absolute Gasteiger partial charge is 0.0195 e. The molecular formula is C18H29N. The van der Waals surface area contributed by atoms with Crippen LogP contribution in [0.1, 0.15) is 63.5 Å². The summed E-state index contributed by atoms with van der Waals surface area (Å²) in [4.78, 5) is 0. The lowest BCUT2D eigenvalue weighted by Gasteiger charge is -2.28. The second-order valence-corrected chi connectivity index (χ2v) is 6.41. The molecule has 2 atom stereocenters. The van der Waals surface area contributed by atoms with E-state index in [-0.39, 0.29) is 5.54 Å². The minimum Gasteiger partial charge on any atom is -0.325 e. The molecule has 1 nitrogen and oxygen atoms in total. The van der Waals surface area contributed by atoms with Crippen LogP contribution in [-0.2, 0) is 12.8 Å². The van der Waals surface area contributed by atoms with Gasteiger partial charge in [-0.25, -0.2) is 0 Å². The molecule has 0 amide bonds. The van der Waals surface area contributed by atoms with E-state index in [1.807, 2.05) is 0 Å². The van der Waals surface area contributed by atoms with E-state index < -0.39 is 0 Å². The lowest BCUT2D eigenvalue weighted by Crippen LogP contribution is -2.41. The molecule has 19 heavy (non-hydrogen) atoms. The highest BCUT2D eigenvalue weighted by Crippen LogP contribution is 2.32. The van der Waals surface area contributed by atoms with Crippen LogP contribution in [0.3, 0.4) is 0 Å². The standard InChI is InChI=1S/C18H29N/c1-3-15-6-5-12-18(19,13-11-15)14-17-9-7-16(4-2)8-10-17/h7-10,15H,3-6,11-14,19H2,1-2H3. The summed E-state index contributed by atoms with van der Waals surface area (Å²) in [5.74, 6) is 0.910. The van der Waals surface area contributed by atoms with Crippen molar-refractivity contribution in [2.45, 2.75) is 70.8 Å². The van der Waals surface area contributed by atoms with Crippen LogP contribution in [-0.4, -0.2) is 5.54 Å². The van der Waals surface area contributed by atoms with Gasteiger partial charge < -0.3 is 5.73 Å². The highest BCUT2D eigenvalue weighted by Gasteiger charge is 2.28. The van der Waals surface area contributed by atoms with Crippen LogP contribution in [0.25, 0.3) is 0 Å². The molecule has 1 aliphatic carbocycles. The molecule has 1 heteroatoms. The lowest BCUT2D eigenvalue weighted by atomic mass is 9.84. The number of hydrogen-bond donors (Lipinski definition) is 1. The molecule has 0 bridgehead atoms. The van der Waals surface area contributed by atoms with Crippen molar-refractivity contribution < 1.29 is 0 Å². The van der Waals surface area contributed by atoms with Gasteiger partial charge in [-0.3, -0.25) is 0 Å². The minimum atomic E-state index is 0.0393. The Balaban J connectivity index is 1.99. The Morgan fingerprint density at radius 3 is 2.37 bits per heavy atom. The minimum absolute atomic E-state index is 0.0393. The molecule has 106 valence electrons. The van der Waals surface area contributed by atoms with Gasteiger partial charge in [0.05, 0.1) is 0 Å². The van der Waals surface area contributed by atoms with Crippen molar-refractivity contribution in [1.82, 2.24) is 0 Å². The summed E-state index contributed by atoms with van der Waals surface area (Å²) >= 11 is 0. The quantitative estimate of drug-likeness (QED) is 0.793. The molecule has 2 rings (SSSR count). The van der Waals surface area contributed by atoms with E-state index >= 15 is 0 Å². The molecule has 0 saturated heterocycles. The van der Waals surface area contributed by atoms with E-state index in [9.17, 15) is 0 Å². The maximum Gasteiger partial charge on any atom is 0.0195 e. The zero-order valence-electron chi connectivity index (χ0n) is 12.6. The molecule has 1 aromatic rings. The Morgan fingerprint density at radius 2 is 1.74 bits per heavy atom. The fourth-order valence-electron chi connectivity index (χ4n) is 3.39. The van der Waals surface area contributed by atoms with Gasteiger partial charge in [0, 0.05) is 5.54 Å². The van der Waals surface area contributed by atoms with E-state index in [0.717, 1.165) is 18.8 Å². The van der Waals surface area contributed by atoms with Crippen LogP contribution >= 0.6 is 0 Å².